The number of nitrogens with one attached hydrogen (secondary N) is 2. The van der Waals surface area contributed by atoms with Crippen molar-refractivity contribution in [1.82, 2.24) is 10.3 Å². The van der Waals surface area contributed by atoms with E-state index in [2.05, 4.69) is 34.7 Å². The van der Waals surface area contributed by atoms with Gasteiger partial charge in [-0.3, -0.25) is 9.78 Å². The van der Waals surface area contributed by atoms with E-state index in [1.165, 1.54) is 11.1 Å². The zero-order valence-corrected chi connectivity index (χ0v) is 13.5. The van der Waals surface area contributed by atoms with Gasteiger partial charge in [0.1, 0.15) is 0 Å². The lowest BCUT2D eigenvalue weighted by Gasteiger charge is -2.27. The smallest absolute Gasteiger partial charge is 0.227 e. The Morgan fingerprint density at radius 2 is 1.87 bits per heavy atom. The third-order valence-electron chi connectivity index (χ3n) is 4.37. The van der Waals surface area contributed by atoms with E-state index in [0.717, 1.165) is 31.5 Å². The highest BCUT2D eigenvalue weighted by atomic mass is 16.1. The maximum atomic E-state index is 12.3. The number of aromatic nitrogens is 1. The molecule has 1 aromatic heterocycles. The van der Waals surface area contributed by atoms with Gasteiger partial charge in [-0.15, -0.1) is 0 Å². The Kier molecular flexibility index (Phi) is 5.03. The Hall–Kier alpha value is -2.20. The fraction of sp³-hybridized carbons (Fsp3) is 0.368. The van der Waals surface area contributed by atoms with Gasteiger partial charge in [-0.25, -0.2) is 0 Å². The molecule has 4 heteroatoms. The maximum absolute atomic E-state index is 12.3. The van der Waals surface area contributed by atoms with Crippen molar-refractivity contribution >= 4 is 11.6 Å². The van der Waals surface area contributed by atoms with Crippen LogP contribution in [0.2, 0.25) is 0 Å². The summed E-state index contributed by atoms with van der Waals surface area (Å²) in [6.45, 7) is 3.05. The Labute approximate surface area is 137 Å². The van der Waals surface area contributed by atoms with Crippen LogP contribution in [-0.4, -0.2) is 23.5 Å². The van der Waals surface area contributed by atoms with Crippen molar-refractivity contribution in [3.05, 3.63) is 59.9 Å². The highest BCUT2D eigenvalue weighted by molar-refractivity contribution is 5.92. The average molecular weight is 309 g/mol. The van der Waals surface area contributed by atoms with Crippen molar-refractivity contribution in [1.29, 1.82) is 0 Å². The standard InChI is InChI=1S/C19H23N3O/c1-14-12-17(8-11-21-14)19(23)22-18-4-2-15(3-5-18)13-16-6-9-20-10-7-16/h2-7,9-10,14,17,21H,8,11-13H2,1H3,(H,22,23)/t14-,17-/m0/s1. The Morgan fingerprint density at radius 3 is 2.57 bits per heavy atom. The molecule has 1 saturated heterocycles. The van der Waals surface area contributed by atoms with Crippen LogP contribution >= 0.6 is 0 Å². The van der Waals surface area contributed by atoms with Gasteiger partial charge < -0.3 is 10.6 Å². The first-order valence-electron chi connectivity index (χ1n) is 8.23. The van der Waals surface area contributed by atoms with Crippen molar-refractivity contribution < 1.29 is 4.79 Å². The van der Waals surface area contributed by atoms with E-state index in [1.54, 1.807) is 0 Å². The summed E-state index contributed by atoms with van der Waals surface area (Å²) in [4.78, 5) is 16.4. The van der Waals surface area contributed by atoms with Crippen LogP contribution < -0.4 is 10.6 Å². The molecule has 0 radical (unpaired) electrons. The van der Waals surface area contributed by atoms with Gasteiger partial charge in [0.05, 0.1) is 0 Å². The molecule has 2 N–H and O–H groups in total. The molecule has 2 atom stereocenters. The lowest BCUT2D eigenvalue weighted by atomic mass is 9.92. The Balaban J connectivity index is 1.58. The normalized spacial score (nSPS) is 20.9. The lowest BCUT2D eigenvalue weighted by Crippen LogP contribution is -2.40. The summed E-state index contributed by atoms with van der Waals surface area (Å²) in [5, 5.41) is 6.42. The van der Waals surface area contributed by atoms with Gasteiger partial charge in [-0.2, -0.15) is 0 Å². The first-order valence-corrected chi connectivity index (χ1v) is 8.23. The summed E-state index contributed by atoms with van der Waals surface area (Å²) in [6, 6.07) is 12.6. The molecule has 1 aliphatic rings. The van der Waals surface area contributed by atoms with Gasteiger partial charge in [0.25, 0.3) is 0 Å². The SMILES string of the molecule is C[C@H]1C[C@@H](C(=O)Nc2ccc(Cc3ccncc3)cc2)CCN1. The largest absolute Gasteiger partial charge is 0.326 e. The number of rotatable bonds is 4. The molecule has 23 heavy (non-hydrogen) atoms. The predicted molar refractivity (Wildman–Crippen MR) is 92.3 cm³/mol. The molecule has 0 unspecified atom stereocenters. The second kappa shape index (κ2) is 7.38. The van der Waals surface area contributed by atoms with Crippen LogP contribution in [0.15, 0.2) is 48.8 Å². The molecular weight excluding hydrogens is 286 g/mol. The van der Waals surface area contributed by atoms with E-state index in [4.69, 9.17) is 0 Å². The monoisotopic (exact) mass is 309 g/mol. The lowest BCUT2D eigenvalue weighted by molar-refractivity contribution is -0.120. The highest BCUT2D eigenvalue weighted by Gasteiger charge is 2.24. The quantitative estimate of drug-likeness (QED) is 0.913. The van der Waals surface area contributed by atoms with Crippen LogP contribution in [0.4, 0.5) is 5.69 Å². The van der Waals surface area contributed by atoms with Crippen molar-refractivity contribution in [3.63, 3.8) is 0 Å². The molecular formula is C19H23N3O. The number of hydrogen-bond donors (Lipinski definition) is 2. The number of piperidine rings is 1. The summed E-state index contributed by atoms with van der Waals surface area (Å²) in [6.07, 6.45) is 6.32. The van der Waals surface area contributed by atoms with Gasteiger partial charge in [0.2, 0.25) is 5.91 Å². The van der Waals surface area contributed by atoms with E-state index in [1.807, 2.05) is 36.7 Å². The van der Waals surface area contributed by atoms with Gasteiger partial charge >= 0.3 is 0 Å². The van der Waals surface area contributed by atoms with Crippen LogP contribution in [0.5, 0.6) is 0 Å². The number of pyridine rings is 1. The molecule has 0 bridgehead atoms. The first kappa shape index (κ1) is 15.7. The first-order chi connectivity index (χ1) is 11.2. The number of carbonyl (C=O) groups excluding carboxylic acids is 1. The van der Waals surface area contributed by atoms with E-state index in [-0.39, 0.29) is 11.8 Å². The van der Waals surface area contributed by atoms with Crippen LogP contribution in [0, 0.1) is 5.92 Å². The van der Waals surface area contributed by atoms with Gasteiger partial charge in [-0.05, 0) is 68.1 Å². The fourth-order valence-corrected chi connectivity index (χ4v) is 3.06. The molecule has 4 nitrogen and oxygen atoms in total. The molecule has 1 amide bonds. The average Bonchev–Trinajstić information content (AvgIpc) is 2.57. The zero-order valence-electron chi connectivity index (χ0n) is 13.5. The molecule has 1 aliphatic heterocycles. The predicted octanol–water partition coefficient (Wildman–Crippen LogP) is 3.00. The van der Waals surface area contributed by atoms with Crippen LogP contribution in [0.3, 0.4) is 0 Å². The van der Waals surface area contributed by atoms with E-state index in [0.29, 0.717) is 6.04 Å². The van der Waals surface area contributed by atoms with Gasteiger partial charge in [0.15, 0.2) is 0 Å². The third-order valence-corrected chi connectivity index (χ3v) is 4.37. The van der Waals surface area contributed by atoms with Crippen molar-refractivity contribution in [3.8, 4) is 0 Å². The molecule has 2 aromatic rings. The number of benzene rings is 1. The fourth-order valence-electron chi connectivity index (χ4n) is 3.06. The molecule has 1 aromatic carbocycles. The van der Waals surface area contributed by atoms with Crippen molar-refractivity contribution in [2.75, 3.05) is 11.9 Å². The maximum Gasteiger partial charge on any atom is 0.227 e. The summed E-state index contributed by atoms with van der Waals surface area (Å²) >= 11 is 0. The van der Waals surface area contributed by atoms with Gasteiger partial charge in [0, 0.05) is 30.0 Å². The minimum Gasteiger partial charge on any atom is -0.326 e. The minimum absolute atomic E-state index is 0.114. The number of anilines is 1. The second-order valence-electron chi connectivity index (χ2n) is 6.29. The van der Waals surface area contributed by atoms with E-state index < -0.39 is 0 Å². The van der Waals surface area contributed by atoms with Crippen LogP contribution in [0.1, 0.15) is 30.9 Å². The molecule has 2 heterocycles. The molecule has 120 valence electrons. The third kappa shape index (κ3) is 4.39. The Bertz CT molecular complexity index is 639. The molecule has 0 aliphatic carbocycles. The van der Waals surface area contributed by atoms with Gasteiger partial charge in [-0.1, -0.05) is 12.1 Å². The number of nitrogens with zero attached hydrogens (tertiary/aromatic N) is 1. The molecule has 3 rings (SSSR count). The summed E-state index contributed by atoms with van der Waals surface area (Å²) in [7, 11) is 0. The summed E-state index contributed by atoms with van der Waals surface area (Å²) < 4.78 is 0. The van der Waals surface area contributed by atoms with Crippen molar-refractivity contribution in [2.45, 2.75) is 32.2 Å². The van der Waals surface area contributed by atoms with E-state index >= 15 is 0 Å². The number of carbonyl (C=O) groups is 1. The second-order valence-corrected chi connectivity index (χ2v) is 6.29. The topological polar surface area (TPSA) is 54.0 Å². The number of amides is 1. The Morgan fingerprint density at radius 1 is 1.17 bits per heavy atom. The zero-order chi connectivity index (χ0) is 16.1. The van der Waals surface area contributed by atoms with Crippen molar-refractivity contribution in [2.24, 2.45) is 5.92 Å². The summed E-state index contributed by atoms with van der Waals surface area (Å²) in [5.41, 5.74) is 3.34. The van der Waals surface area contributed by atoms with Crippen LogP contribution in [-0.2, 0) is 11.2 Å². The van der Waals surface area contributed by atoms with E-state index in [9.17, 15) is 4.79 Å². The molecule has 0 saturated carbocycles. The summed E-state index contributed by atoms with van der Waals surface area (Å²) in [5.74, 6) is 0.253. The number of hydrogen-bond acceptors (Lipinski definition) is 3. The highest BCUT2D eigenvalue weighted by Crippen LogP contribution is 2.19. The van der Waals surface area contributed by atoms with Crippen LogP contribution in [0.25, 0.3) is 0 Å². The molecule has 1 fully saturated rings. The molecule has 0 spiro atoms. The minimum atomic E-state index is 0.114.